The Kier molecular flexibility index (Phi) is 7.48. The molecule has 0 aliphatic carbocycles. The Morgan fingerprint density at radius 3 is 2.79 bits per heavy atom. The highest BCUT2D eigenvalue weighted by molar-refractivity contribution is 9.12. The molecule has 1 amide bonds. The van der Waals surface area contributed by atoms with Gasteiger partial charge in [0, 0.05) is 36.1 Å². The lowest BCUT2D eigenvalue weighted by Crippen LogP contribution is -2.52. The average Bonchev–Trinajstić information content (AvgIpc) is 3.33. The maximum absolute atomic E-state index is 13.2. The lowest BCUT2D eigenvalue weighted by Gasteiger charge is -2.33. The van der Waals surface area contributed by atoms with Gasteiger partial charge in [0.15, 0.2) is 0 Å². The van der Waals surface area contributed by atoms with Crippen molar-refractivity contribution < 1.29 is 13.2 Å². The number of halogens is 1. The average molecular weight is 501 g/mol. The Balaban J connectivity index is 1.76. The molecular weight excluding hydrogens is 476 g/mol. The van der Waals surface area contributed by atoms with Crippen LogP contribution < -0.4 is 4.72 Å². The summed E-state index contributed by atoms with van der Waals surface area (Å²) >= 11 is 4.76. The number of amides is 1. The number of carbonyl (C=O) groups excluding carboxylic acids is 1. The molecule has 10 heteroatoms. The van der Waals surface area contributed by atoms with Crippen LogP contribution in [0.3, 0.4) is 0 Å². The summed E-state index contributed by atoms with van der Waals surface area (Å²) in [4.78, 5) is 15.0. The topological polar surface area (TPSA) is 95.2 Å². The zero-order valence-electron chi connectivity index (χ0n) is 16.3. The third-order valence-corrected chi connectivity index (χ3v) is 9.76. The van der Waals surface area contributed by atoms with Crippen LogP contribution in [0.15, 0.2) is 28.2 Å². The van der Waals surface area contributed by atoms with Crippen LogP contribution in [0.5, 0.6) is 0 Å². The Morgan fingerprint density at radius 1 is 1.45 bits per heavy atom. The number of aromatic nitrogens is 1. The Morgan fingerprint density at radius 2 is 2.17 bits per heavy atom. The van der Waals surface area contributed by atoms with E-state index in [1.165, 1.54) is 11.8 Å². The van der Waals surface area contributed by atoms with Crippen LogP contribution in [0.25, 0.3) is 0 Å². The number of sulfonamides is 1. The molecule has 1 aromatic heterocycles. The molecule has 2 unspecified atom stereocenters. The van der Waals surface area contributed by atoms with Crippen molar-refractivity contribution in [3.63, 3.8) is 0 Å². The number of carbonyl (C=O) groups is 1. The third kappa shape index (κ3) is 5.45. The second kappa shape index (κ2) is 9.69. The molecule has 1 fully saturated rings. The number of nitrogens with zero attached hydrogens (tertiary/aromatic N) is 3. The largest absolute Gasteiger partial charge is 0.341 e. The second-order valence-electron chi connectivity index (χ2n) is 7.54. The quantitative estimate of drug-likeness (QED) is 0.620. The maximum atomic E-state index is 13.2. The minimum Gasteiger partial charge on any atom is -0.341 e. The van der Waals surface area contributed by atoms with Crippen molar-refractivity contribution in [2.24, 2.45) is 5.92 Å². The lowest BCUT2D eigenvalue weighted by atomic mass is 9.98. The number of hydrogen-bond donors (Lipinski definition) is 1. The molecule has 158 valence electrons. The van der Waals surface area contributed by atoms with E-state index in [2.05, 4.69) is 33.6 Å². The molecule has 1 N–H and O–H groups in total. The van der Waals surface area contributed by atoms with Crippen LogP contribution in [0.2, 0.25) is 0 Å². The predicted octanol–water partition coefficient (Wildman–Crippen LogP) is 2.65. The fourth-order valence-electron chi connectivity index (χ4n) is 3.55. The van der Waals surface area contributed by atoms with Crippen LogP contribution in [-0.4, -0.2) is 53.9 Å². The van der Waals surface area contributed by atoms with Crippen molar-refractivity contribution in [3.8, 4) is 6.07 Å². The number of nitrogens with one attached hydrogen (secondary N) is 1. The van der Waals surface area contributed by atoms with Crippen LogP contribution in [0.4, 0.5) is 0 Å². The van der Waals surface area contributed by atoms with Gasteiger partial charge in [-0.3, -0.25) is 4.79 Å². The van der Waals surface area contributed by atoms with Crippen LogP contribution in [-0.2, 0) is 21.4 Å². The first-order chi connectivity index (χ1) is 13.8. The minimum absolute atomic E-state index is 0.183. The van der Waals surface area contributed by atoms with Gasteiger partial charge in [0.1, 0.15) is 23.1 Å². The van der Waals surface area contributed by atoms with E-state index in [1.54, 1.807) is 33.2 Å². The molecular formula is C19H25BrN4O3S2. The van der Waals surface area contributed by atoms with E-state index in [-0.39, 0.29) is 12.3 Å². The fraction of sp³-hybridized carbons (Fsp3) is 0.579. The van der Waals surface area contributed by atoms with E-state index in [1.807, 2.05) is 0 Å². The molecule has 1 aromatic rings. The molecule has 2 aliphatic rings. The van der Waals surface area contributed by atoms with Crippen LogP contribution >= 0.6 is 27.7 Å². The van der Waals surface area contributed by atoms with Gasteiger partial charge in [0.25, 0.3) is 0 Å². The smallest absolute Gasteiger partial charge is 0.240 e. The number of nitriles is 1. The predicted molar refractivity (Wildman–Crippen MR) is 118 cm³/mol. The standard InChI is InChI=1S/C19H25BrN4O3S2/c1-14-4-8-24(9-5-14)19(25)17(6-10-23-7-2-3-15(23)11-21)22-29(26,27)18-13-28-12-16(18)20/h2-3,7,12,14,17-18,22H,4-6,8-10,13H2,1H3. The highest BCUT2D eigenvalue weighted by atomic mass is 79.9. The SMILES string of the molecule is CC1CCN(C(=O)C(CCn2cccc2C#N)NS(=O)(=O)C2CSC=C2Br)CC1. The first-order valence-electron chi connectivity index (χ1n) is 9.64. The fourth-order valence-corrected chi connectivity index (χ4v) is 8.02. The summed E-state index contributed by atoms with van der Waals surface area (Å²) in [6, 6.07) is 4.72. The van der Waals surface area contributed by atoms with Gasteiger partial charge in [-0.15, -0.1) is 11.8 Å². The van der Waals surface area contributed by atoms with E-state index in [9.17, 15) is 18.5 Å². The molecule has 29 heavy (non-hydrogen) atoms. The van der Waals surface area contributed by atoms with Gasteiger partial charge in [-0.05, 0) is 42.7 Å². The molecule has 2 aliphatic heterocycles. The van der Waals surface area contributed by atoms with E-state index >= 15 is 0 Å². The highest BCUT2D eigenvalue weighted by Gasteiger charge is 2.36. The van der Waals surface area contributed by atoms with Gasteiger partial charge in [-0.2, -0.15) is 5.26 Å². The summed E-state index contributed by atoms with van der Waals surface area (Å²) in [6.07, 6.45) is 3.91. The van der Waals surface area contributed by atoms with Gasteiger partial charge in [0.05, 0.1) is 0 Å². The Bertz CT molecular complexity index is 914. The van der Waals surface area contributed by atoms with E-state index in [4.69, 9.17) is 0 Å². The molecule has 1 saturated heterocycles. The zero-order valence-corrected chi connectivity index (χ0v) is 19.5. The number of rotatable bonds is 7. The molecule has 2 atom stereocenters. The Hall–Kier alpha value is -1.28. The second-order valence-corrected chi connectivity index (χ2v) is 11.2. The zero-order chi connectivity index (χ0) is 21.0. The summed E-state index contributed by atoms with van der Waals surface area (Å²) in [6.45, 7) is 3.84. The van der Waals surface area contributed by atoms with Crippen molar-refractivity contribution in [3.05, 3.63) is 33.9 Å². The highest BCUT2D eigenvalue weighted by Crippen LogP contribution is 2.31. The van der Waals surface area contributed by atoms with E-state index in [0.29, 0.717) is 41.5 Å². The lowest BCUT2D eigenvalue weighted by molar-refractivity contribution is -0.134. The summed E-state index contributed by atoms with van der Waals surface area (Å²) in [7, 11) is -3.72. The molecule has 0 aromatic carbocycles. The molecule has 0 spiro atoms. The molecule has 0 radical (unpaired) electrons. The van der Waals surface area contributed by atoms with Crippen molar-refractivity contribution in [2.75, 3.05) is 18.8 Å². The molecule has 0 bridgehead atoms. The number of aryl methyl sites for hydroxylation is 1. The molecule has 3 rings (SSSR count). The van der Waals surface area contributed by atoms with Gasteiger partial charge in [-0.1, -0.05) is 22.9 Å². The first kappa shape index (κ1) is 22.4. The number of hydrogen-bond acceptors (Lipinski definition) is 5. The van der Waals surface area contributed by atoms with Crippen molar-refractivity contribution >= 4 is 43.6 Å². The van der Waals surface area contributed by atoms with Crippen molar-refractivity contribution in [1.82, 2.24) is 14.2 Å². The number of thioether (sulfide) groups is 1. The van der Waals surface area contributed by atoms with Gasteiger partial charge in [-0.25, -0.2) is 13.1 Å². The van der Waals surface area contributed by atoms with Crippen molar-refractivity contribution in [1.29, 1.82) is 5.26 Å². The van der Waals surface area contributed by atoms with Crippen molar-refractivity contribution in [2.45, 2.75) is 44.0 Å². The van der Waals surface area contributed by atoms with Crippen LogP contribution in [0, 0.1) is 17.2 Å². The molecule has 7 nitrogen and oxygen atoms in total. The van der Waals surface area contributed by atoms with Crippen LogP contribution in [0.1, 0.15) is 31.9 Å². The van der Waals surface area contributed by atoms with E-state index in [0.717, 1.165) is 12.8 Å². The number of likely N-dealkylation sites (tertiary alicyclic amines) is 1. The van der Waals surface area contributed by atoms with Gasteiger partial charge in [0.2, 0.25) is 15.9 Å². The third-order valence-electron chi connectivity index (χ3n) is 5.43. The summed E-state index contributed by atoms with van der Waals surface area (Å²) in [5, 5.41) is 10.3. The summed E-state index contributed by atoms with van der Waals surface area (Å²) < 4.78 is 30.9. The molecule has 3 heterocycles. The molecule has 0 saturated carbocycles. The Labute approximate surface area is 184 Å². The maximum Gasteiger partial charge on any atom is 0.240 e. The van der Waals surface area contributed by atoms with E-state index < -0.39 is 21.3 Å². The first-order valence-corrected chi connectivity index (χ1v) is 13.0. The van der Waals surface area contributed by atoms with Gasteiger partial charge < -0.3 is 9.47 Å². The minimum atomic E-state index is -3.72. The monoisotopic (exact) mass is 500 g/mol. The summed E-state index contributed by atoms with van der Waals surface area (Å²) in [5.74, 6) is 0.814. The normalized spacial score (nSPS) is 21.6. The summed E-state index contributed by atoms with van der Waals surface area (Å²) in [5.41, 5.74) is 0.490. The van der Waals surface area contributed by atoms with Gasteiger partial charge >= 0.3 is 0 Å². The number of piperidine rings is 1.